The summed E-state index contributed by atoms with van der Waals surface area (Å²) in [5.41, 5.74) is 6.23. The lowest BCUT2D eigenvalue weighted by atomic mass is 10.1. The molecule has 1 unspecified atom stereocenters. The van der Waals surface area contributed by atoms with E-state index in [0.29, 0.717) is 10.5 Å². The average Bonchev–Trinajstić information content (AvgIpc) is 2.38. The fraction of sp³-hybridized carbons (Fsp3) is 0.571. The van der Waals surface area contributed by atoms with Crippen LogP contribution in [-0.2, 0) is 16.6 Å². The summed E-state index contributed by atoms with van der Waals surface area (Å²) in [5, 5.41) is 0. The summed E-state index contributed by atoms with van der Waals surface area (Å²) in [6.07, 6.45) is 4.16. The predicted octanol–water partition coefficient (Wildman–Crippen LogP) is 2.39. The van der Waals surface area contributed by atoms with Crippen LogP contribution in [0.25, 0.3) is 0 Å². The maximum Gasteiger partial charge on any atom is 0.241 e. The smallest absolute Gasteiger partial charge is 0.241 e. The van der Waals surface area contributed by atoms with Crippen molar-refractivity contribution in [2.75, 3.05) is 0 Å². The van der Waals surface area contributed by atoms with Crippen molar-refractivity contribution in [1.29, 1.82) is 0 Å². The summed E-state index contributed by atoms with van der Waals surface area (Å²) in [6, 6.07) is 6.81. The Bertz CT molecular complexity index is 486. The van der Waals surface area contributed by atoms with E-state index >= 15 is 0 Å². The Morgan fingerprint density at radius 1 is 1.26 bits per heavy atom. The molecule has 0 spiro atoms. The van der Waals surface area contributed by atoms with E-state index in [4.69, 9.17) is 5.73 Å². The van der Waals surface area contributed by atoms with Gasteiger partial charge in [-0.05, 0) is 25.0 Å². The number of hydrogen-bond donors (Lipinski definition) is 2. The molecule has 108 valence electrons. The van der Waals surface area contributed by atoms with Crippen molar-refractivity contribution in [2.45, 2.75) is 57.0 Å². The third-order valence-corrected chi connectivity index (χ3v) is 4.77. The fourth-order valence-electron chi connectivity index (χ4n) is 2.02. The number of nitrogens with two attached hydrogens (primary N) is 1. The molecule has 0 bridgehead atoms. The number of rotatable bonds is 8. The van der Waals surface area contributed by atoms with Crippen LogP contribution in [0.4, 0.5) is 0 Å². The van der Waals surface area contributed by atoms with Crippen LogP contribution in [0.15, 0.2) is 29.2 Å². The fourth-order valence-corrected chi connectivity index (χ4v) is 3.55. The monoisotopic (exact) mass is 284 g/mol. The average molecular weight is 284 g/mol. The van der Waals surface area contributed by atoms with E-state index in [-0.39, 0.29) is 12.6 Å². The van der Waals surface area contributed by atoms with Crippen molar-refractivity contribution in [3.63, 3.8) is 0 Å². The molecule has 4 nitrogen and oxygen atoms in total. The number of hydrogen-bond acceptors (Lipinski definition) is 3. The summed E-state index contributed by atoms with van der Waals surface area (Å²) in [7, 11) is -3.47. The number of unbranched alkanes of at least 4 members (excludes halogenated alkanes) is 2. The molecule has 0 aliphatic rings. The number of sulfonamides is 1. The van der Waals surface area contributed by atoms with Crippen molar-refractivity contribution in [1.82, 2.24) is 4.72 Å². The summed E-state index contributed by atoms with van der Waals surface area (Å²) >= 11 is 0. The lowest BCUT2D eigenvalue weighted by Gasteiger charge is -2.15. The molecule has 0 radical (unpaired) electrons. The van der Waals surface area contributed by atoms with Gasteiger partial charge >= 0.3 is 0 Å². The molecule has 0 aliphatic heterocycles. The molecule has 5 heteroatoms. The Morgan fingerprint density at radius 3 is 2.58 bits per heavy atom. The molecule has 0 saturated carbocycles. The molecule has 1 atom stereocenters. The first kappa shape index (κ1) is 16.1. The SMILES string of the molecule is CCCCCC(C)NS(=O)(=O)c1ccccc1CN. The molecule has 1 rings (SSSR count). The second-order valence-electron chi connectivity index (χ2n) is 4.83. The second kappa shape index (κ2) is 7.62. The topological polar surface area (TPSA) is 72.2 Å². The van der Waals surface area contributed by atoms with Gasteiger partial charge in [0, 0.05) is 12.6 Å². The Kier molecular flexibility index (Phi) is 6.48. The minimum absolute atomic E-state index is 0.0534. The third-order valence-electron chi connectivity index (χ3n) is 3.08. The van der Waals surface area contributed by atoms with Gasteiger partial charge in [-0.2, -0.15) is 0 Å². The van der Waals surface area contributed by atoms with E-state index in [1.807, 2.05) is 6.92 Å². The van der Waals surface area contributed by atoms with Gasteiger partial charge in [0.15, 0.2) is 0 Å². The van der Waals surface area contributed by atoms with E-state index in [0.717, 1.165) is 25.7 Å². The van der Waals surface area contributed by atoms with E-state index in [2.05, 4.69) is 11.6 Å². The largest absolute Gasteiger partial charge is 0.326 e. The molecule has 0 aliphatic carbocycles. The number of nitrogens with one attached hydrogen (secondary N) is 1. The van der Waals surface area contributed by atoms with Gasteiger partial charge in [0.1, 0.15) is 0 Å². The van der Waals surface area contributed by atoms with Crippen LogP contribution in [0.5, 0.6) is 0 Å². The van der Waals surface area contributed by atoms with E-state index in [1.54, 1.807) is 24.3 Å². The Morgan fingerprint density at radius 2 is 1.95 bits per heavy atom. The molecule has 1 aromatic carbocycles. The highest BCUT2D eigenvalue weighted by atomic mass is 32.2. The molecule has 0 fully saturated rings. The van der Waals surface area contributed by atoms with Crippen LogP contribution < -0.4 is 10.5 Å². The van der Waals surface area contributed by atoms with Gasteiger partial charge in [0.05, 0.1) is 4.90 Å². The zero-order valence-electron chi connectivity index (χ0n) is 11.7. The summed E-state index contributed by atoms with van der Waals surface area (Å²) in [5.74, 6) is 0. The maximum atomic E-state index is 12.3. The van der Waals surface area contributed by atoms with Gasteiger partial charge in [-0.3, -0.25) is 0 Å². The highest BCUT2D eigenvalue weighted by molar-refractivity contribution is 7.89. The van der Waals surface area contributed by atoms with Gasteiger partial charge in [-0.1, -0.05) is 44.4 Å². The predicted molar refractivity (Wildman–Crippen MR) is 78.3 cm³/mol. The van der Waals surface area contributed by atoms with Gasteiger partial charge in [-0.15, -0.1) is 0 Å². The van der Waals surface area contributed by atoms with Crippen LogP contribution in [0.2, 0.25) is 0 Å². The van der Waals surface area contributed by atoms with Gasteiger partial charge < -0.3 is 5.73 Å². The first-order chi connectivity index (χ1) is 9.01. The Labute approximate surface area is 116 Å². The second-order valence-corrected chi connectivity index (χ2v) is 6.51. The van der Waals surface area contributed by atoms with Crippen molar-refractivity contribution in [2.24, 2.45) is 5.73 Å². The first-order valence-corrected chi connectivity index (χ1v) is 8.30. The minimum atomic E-state index is -3.47. The zero-order valence-corrected chi connectivity index (χ0v) is 12.5. The van der Waals surface area contributed by atoms with Gasteiger partial charge in [0.2, 0.25) is 10.0 Å². The summed E-state index contributed by atoms with van der Waals surface area (Å²) < 4.78 is 27.3. The normalized spacial score (nSPS) is 13.4. The van der Waals surface area contributed by atoms with E-state index in [9.17, 15) is 8.42 Å². The Balaban J connectivity index is 2.75. The number of benzene rings is 1. The standard InChI is InChI=1S/C14H24N2O2S/c1-3-4-5-8-12(2)16-19(17,18)14-10-7-6-9-13(14)11-15/h6-7,9-10,12,16H,3-5,8,11,15H2,1-2H3. The van der Waals surface area contributed by atoms with E-state index < -0.39 is 10.0 Å². The molecule has 0 amide bonds. The van der Waals surface area contributed by atoms with Crippen LogP contribution >= 0.6 is 0 Å². The molecule has 0 aromatic heterocycles. The molecule has 3 N–H and O–H groups in total. The van der Waals surface area contributed by atoms with Gasteiger partial charge in [0.25, 0.3) is 0 Å². The quantitative estimate of drug-likeness (QED) is 0.720. The van der Waals surface area contributed by atoms with Crippen LogP contribution in [0.1, 0.15) is 45.1 Å². The molecule has 0 saturated heterocycles. The van der Waals surface area contributed by atoms with Crippen LogP contribution in [0.3, 0.4) is 0 Å². The third kappa shape index (κ3) is 4.93. The van der Waals surface area contributed by atoms with Crippen molar-refractivity contribution in [3.05, 3.63) is 29.8 Å². The van der Waals surface area contributed by atoms with Crippen molar-refractivity contribution < 1.29 is 8.42 Å². The van der Waals surface area contributed by atoms with Crippen molar-refractivity contribution in [3.8, 4) is 0 Å². The summed E-state index contributed by atoms with van der Waals surface area (Å²) in [4.78, 5) is 0.292. The van der Waals surface area contributed by atoms with Crippen LogP contribution in [0, 0.1) is 0 Å². The first-order valence-electron chi connectivity index (χ1n) is 6.81. The van der Waals surface area contributed by atoms with Crippen LogP contribution in [-0.4, -0.2) is 14.5 Å². The lowest BCUT2D eigenvalue weighted by molar-refractivity contribution is 0.526. The highest BCUT2D eigenvalue weighted by Crippen LogP contribution is 2.16. The molecular formula is C14H24N2O2S. The maximum absolute atomic E-state index is 12.3. The lowest BCUT2D eigenvalue weighted by Crippen LogP contribution is -2.33. The Hall–Kier alpha value is -0.910. The highest BCUT2D eigenvalue weighted by Gasteiger charge is 2.19. The molecule has 1 aromatic rings. The minimum Gasteiger partial charge on any atom is -0.326 e. The summed E-state index contributed by atoms with van der Waals surface area (Å²) in [6.45, 7) is 4.26. The molecular weight excluding hydrogens is 260 g/mol. The zero-order chi connectivity index (χ0) is 14.3. The van der Waals surface area contributed by atoms with E-state index in [1.165, 1.54) is 0 Å². The van der Waals surface area contributed by atoms with Gasteiger partial charge in [-0.25, -0.2) is 13.1 Å². The van der Waals surface area contributed by atoms with Crippen molar-refractivity contribution >= 4 is 10.0 Å². The molecule has 0 heterocycles. The molecule has 19 heavy (non-hydrogen) atoms.